The molecule has 2 saturated heterocycles. The van der Waals surface area contributed by atoms with Gasteiger partial charge in [-0.1, -0.05) is 19.8 Å². The van der Waals surface area contributed by atoms with Crippen molar-refractivity contribution in [2.24, 2.45) is 5.92 Å². The van der Waals surface area contributed by atoms with Crippen molar-refractivity contribution < 1.29 is 13.6 Å². The lowest BCUT2D eigenvalue weighted by atomic mass is 9.84. The fraction of sp³-hybridized carbons (Fsp3) is 1.00. The Morgan fingerprint density at radius 1 is 1.15 bits per heavy atom. The predicted molar refractivity (Wildman–Crippen MR) is 82.3 cm³/mol. The zero-order chi connectivity index (χ0) is 14.4. The summed E-state index contributed by atoms with van der Waals surface area (Å²) in [6.45, 7) is 7.33. The van der Waals surface area contributed by atoms with Gasteiger partial charge in [-0.25, -0.2) is 0 Å². The summed E-state index contributed by atoms with van der Waals surface area (Å²) in [5, 5.41) is 0. The first-order valence-corrected chi connectivity index (χ1v) is 10.2. The van der Waals surface area contributed by atoms with Crippen LogP contribution in [0, 0.1) is 5.92 Å². The fourth-order valence-corrected chi connectivity index (χ4v) is 4.41. The Kier molecular flexibility index (Phi) is 6.54. The third-order valence-corrected chi connectivity index (χ3v) is 5.85. The molecule has 4 nitrogen and oxygen atoms in total. The van der Waals surface area contributed by atoms with Gasteiger partial charge in [0.15, 0.2) is 0 Å². The predicted octanol–water partition coefficient (Wildman–Crippen LogP) is 3.91. The molecule has 2 aliphatic heterocycles. The van der Waals surface area contributed by atoms with Gasteiger partial charge < -0.3 is 13.9 Å². The molecule has 0 radical (unpaired) electrons. The van der Waals surface area contributed by atoms with E-state index in [2.05, 4.69) is 11.8 Å². The molecule has 118 valence electrons. The van der Waals surface area contributed by atoms with E-state index in [1.165, 1.54) is 45.2 Å². The first-order valence-electron chi connectivity index (χ1n) is 8.23. The van der Waals surface area contributed by atoms with Crippen molar-refractivity contribution in [2.45, 2.75) is 57.9 Å². The van der Waals surface area contributed by atoms with E-state index in [1.54, 1.807) is 6.66 Å². The Morgan fingerprint density at radius 3 is 2.75 bits per heavy atom. The molecule has 3 atom stereocenters. The van der Waals surface area contributed by atoms with Crippen LogP contribution in [0.15, 0.2) is 0 Å². The zero-order valence-electron chi connectivity index (χ0n) is 13.1. The van der Waals surface area contributed by atoms with E-state index in [4.69, 9.17) is 9.05 Å². The van der Waals surface area contributed by atoms with Gasteiger partial charge in [0, 0.05) is 12.7 Å². The molecule has 20 heavy (non-hydrogen) atoms. The van der Waals surface area contributed by atoms with E-state index in [9.17, 15) is 4.57 Å². The highest BCUT2D eigenvalue weighted by Crippen LogP contribution is 2.45. The highest BCUT2D eigenvalue weighted by molar-refractivity contribution is 7.52. The third-order valence-electron chi connectivity index (χ3n) is 4.58. The minimum Gasteiger partial charge on any atom is -0.309 e. The lowest BCUT2D eigenvalue weighted by molar-refractivity contribution is 0.0329. The van der Waals surface area contributed by atoms with Crippen molar-refractivity contribution in [3.8, 4) is 0 Å². The number of hydrogen-bond acceptors (Lipinski definition) is 4. The summed E-state index contributed by atoms with van der Waals surface area (Å²) >= 11 is 0. The van der Waals surface area contributed by atoms with E-state index in [0.29, 0.717) is 25.2 Å². The van der Waals surface area contributed by atoms with Gasteiger partial charge in [0.05, 0.1) is 13.2 Å². The maximum Gasteiger partial charge on any atom is 0.327 e. The molecule has 0 amide bonds. The molecule has 0 spiro atoms. The van der Waals surface area contributed by atoms with Crippen molar-refractivity contribution in [3.63, 3.8) is 0 Å². The second kappa shape index (κ2) is 7.93. The minimum atomic E-state index is -2.85. The molecule has 0 N–H and O–H groups in total. The molecule has 0 bridgehead atoms. The molecule has 0 aromatic carbocycles. The van der Waals surface area contributed by atoms with Crippen LogP contribution >= 0.6 is 7.60 Å². The molecular weight excluding hydrogens is 273 g/mol. The Hall–Kier alpha value is 0.110. The topological polar surface area (TPSA) is 38.8 Å². The number of unbranched alkanes of at least 4 members (excludes halogenated alkanes) is 1. The third kappa shape index (κ3) is 4.84. The van der Waals surface area contributed by atoms with E-state index in [-0.39, 0.29) is 0 Å². The monoisotopic (exact) mass is 303 g/mol. The quantitative estimate of drug-likeness (QED) is 0.528. The van der Waals surface area contributed by atoms with Gasteiger partial charge in [0.25, 0.3) is 0 Å². The highest BCUT2D eigenvalue weighted by atomic mass is 31.2. The largest absolute Gasteiger partial charge is 0.327 e. The standard InChI is InChI=1S/C15H30NO3P/c1-3-4-12-18-20(2,17)19-13-14-8-7-11-16-10-6-5-9-15(14)16/h14-15H,3-13H2,1-2H3/t14-,15+,20?/m0/s1. The maximum atomic E-state index is 12.2. The first-order chi connectivity index (χ1) is 9.62. The number of piperidine rings is 2. The van der Waals surface area contributed by atoms with E-state index in [1.807, 2.05) is 0 Å². The molecule has 2 aliphatic rings. The van der Waals surface area contributed by atoms with Gasteiger partial charge in [-0.15, -0.1) is 0 Å². The lowest BCUT2D eigenvalue weighted by Gasteiger charge is -2.44. The van der Waals surface area contributed by atoms with Crippen LogP contribution < -0.4 is 0 Å². The maximum absolute atomic E-state index is 12.2. The van der Waals surface area contributed by atoms with Crippen LogP contribution in [0.2, 0.25) is 0 Å². The van der Waals surface area contributed by atoms with Gasteiger partial charge in [-0.2, -0.15) is 0 Å². The second-order valence-electron chi connectivity index (χ2n) is 6.26. The molecule has 0 aromatic heterocycles. The number of fused-ring (bicyclic) bond motifs is 1. The highest BCUT2D eigenvalue weighted by Gasteiger charge is 2.34. The van der Waals surface area contributed by atoms with Crippen molar-refractivity contribution in [3.05, 3.63) is 0 Å². The normalized spacial score (nSPS) is 30.7. The van der Waals surface area contributed by atoms with E-state index < -0.39 is 7.60 Å². The fourth-order valence-electron chi connectivity index (χ4n) is 3.41. The van der Waals surface area contributed by atoms with Gasteiger partial charge in [0.2, 0.25) is 0 Å². The van der Waals surface area contributed by atoms with Crippen molar-refractivity contribution in [1.82, 2.24) is 4.90 Å². The summed E-state index contributed by atoms with van der Waals surface area (Å²) in [6.07, 6.45) is 8.38. The first kappa shape index (κ1) is 16.5. The van der Waals surface area contributed by atoms with Gasteiger partial charge in [-0.3, -0.25) is 4.57 Å². The molecule has 0 aromatic rings. The SMILES string of the molecule is CCCCOP(C)(=O)OC[C@@H]1CCCN2CCCC[C@H]12. The number of nitrogens with zero attached hydrogens (tertiary/aromatic N) is 1. The van der Waals surface area contributed by atoms with Crippen LogP contribution in [0.25, 0.3) is 0 Å². The van der Waals surface area contributed by atoms with Crippen molar-refractivity contribution in [1.29, 1.82) is 0 Å². The summed E-state index contributed by atoms with van der Waals surface area (Å²) in [4.78, 5) is 2.61. The number of rotatable bonds is 7. The summed E-state index contributed by atoms with van der Waals surface area (Å²) in [7, 11) is -2.85. The van der Waals surface area contributed by atoms with E-state index in [0.717, 1.165) is 12.8 Å². The van der Waals surface area contributed by atoms with Gasteiger partial charge >= 0.3 is 7.60 Å². The zero-order valence-corrected chi connectivity index (χ0v) is 13.9. The molecule has 2 rings (SSSR count). The number of hydrogen-bond donors (Lipinski definition) is 0. The van der Waals surface area contributed by atoms with Crippen LogP contribution in [0.4, 0.5) is 0 Å². The Balaban J connectivity index is 1.78. The summed E-state index contributed by atoms with van der Waals surface area (Å²) in [5.41, 5.74) is 0. The van der Waals surface area contributed by atoms with Crippen LogP contribution in [0.1, 0.15) is 51.9 Å². The average Bonchev–Trinajstić information content (AvgIpc) is 2.45. The molecule has 0 aliphatic carbocycles. The van der Waals surface area contributed by atoms with Gasteiger partial charge in [-0.05, 0) is 51.1 Å². The minimum absolute atomic E-state index is 0.534. The van der Waals surface area contributed by atoms with Crippen molar-refractivity contribution >= 4 is 7.60 Å². The molecule has 5 heteroatoms. The molecule has 0 saturated carbocycles. The molecule has 1 unspecified atom stereocenters. The molecular formula is C15H30NO3P. The molecule has 2 fully saturated rings. The van der Waals surface area contributed by atoms with Crippen LogP contribution in [-0.2, 0) is 13.6 Å². The summed E-state index contributed by atoms with van der Waals surface area (Å²) in [5.74, 6) is 0.534. The smallest absolute Gasteiger partial charge is 0.309 e. The van der Waals surface area contributed by atoms with Crippen LogP contribution in [0.3, 0.4) is 0 Å². The van der Waals surface area contributed by atoms with Crippen LogP contribution in [-0.4, -0.2) is 43.9 Å². The van der Waals surface area contributed by atoms with Crippen LogP contribution in [0.5, 0.6) is 0 Å². The molecule has 2 heterocycles. The summed E-state index contributed by atoms with van der Waals surface area (Å²) < 4.78 is 23.3. The Morgan fingerprint density at radius 2 is 1.95 bits per heavy atom. The Bertz CT molecular complexity index is 335. The lowest BCUT2D eigenvalue weighted by Crippen LogP contribution is -2.49. The van der Waals surface area contributed by atoms with Crippen molar-refractivity contribution in [2.75, 3.05) is 33.0 Å². The summed E-state index contributed by atoms with van der Waals surface area (Å²) in [6, 6.07) is 0.646. The Labute approximate surface area is 123 Å². The van der Waals surface area contributed by atoms with E-state index >= 15 is 0 Å². The van der Waals surface area contributed by atoms with Gasteiger partial charge in [0.1, 0.15) is 0 Å². The second-order valence-corrected chi connectivity index (χ2v) is 8.31. The average molecular weight is 303 g/mol.